The molecule has 4 nitrogen and oxygen atoms in total. The van der Waals surface area contributed by atoms with Crippen LogP contribution in [0.15, 0.2) is 36.9 Å². The van der Waals surface area contributed by atoms with Crippen LogP contribution in [0.3, 0.4) is 0 Å². The van der Waals surface area contributed by atoms with Crippen LogP contribution in [0, 0.1) is 3.57 Å². The zero-order valence-electron chi connectivity index (χ0n) is 8.63. The van der Waals surface area contributed by atoms with E-state index in [0.717, 1.165) is 14.7 Å². The second kappa shape index (κ2) is 3.58. The third-order valence-corrected chi connectivity index (χ3v) is 3.34. The highest BCUT2D eigenvalue weighted by Crippen LogP contribution is 2.22. The summed E-state index contributed by atoms with van der Waals surface area (Å²) in [5, 5.41) is 8.42. The summed E-state index contributed by atoms with van der Waals surface area (Å²) in [6, 6.07) is 4.18. The number of rotatable bonds is 1. The summed E-state index contributed by atoms with van der Waals surface area (Å²) in [5.74, 6) is 0. The van der Waals surface area contributed by atoms with Crippen LogP contribution in [0.2, 0.25) is 0 Å². The summed E-state index contributed by atoms with van der Waals surface area (Å²) in [4.78, 5) is 0. The predicted molar refractivity (Wildman–Crippen MR) is 70.1 cm³/mol. The minimum absolute atomic E-state index is 1.13. The van der Waals surface area contributed by atoms with E-state index in [-0.39, 0.29) is 0 Å². The summed E-state index contributed by atoms with van der Waals surface area (Å²) in [6.45, 7) is 0. The van der Waals surface area contributed by atoms with Gasteiger partial charge in [0.15, 0.2) is 0 Å². The molecule has 0 saturated heterocycles. The molecule has 0 N–H and O–H groups in total. The standard InChI is InChI=1S/C11H9IN4/c1-15-7-9(5-13-15)8-2-3-16-11(4-8)10(12)6-14-16/h2-7H,1H3. The van der Waals surface area contributed by atoms with Gasteiger partial charge in [-0.15, -0.1) is 0 Å². The molecule has 0 saturated carbocycles. The van der Waals surface area contributed by atoms with E-state index >= 15 is 0 Å². The second-order valence-electron chi connectivity index (χ2n) is 3.64. The first-order chi connectivity index (χ1) is 7.74. The quantitative estimate of drug-likeness (QED) is 0.644. The normalized spacial score (nSPS) is 11.1. The molecule has 3 aromatic heterocycles. The highest BCUT2D eigenvalue weighted by molar-refractivity contribution is 14.1. The Hall–Kier alpha value is -1.37. The first-order valence-corrected chi connectivity index (χ1v) is 5.94. The zero-order chi connectivity index (χ0) is 11.1. The average molecular weight is 324 g/mol. The third kappa shape index (κ3) is 1.51. The summed E-state index contributed by atoms with van der Waals surface area (Å²) in [5.41, 5.74) is 3.42. The monoisotopic (exact) mass is 324 g/mol. The van der Waals surface area contributed by atoms with Gasteiger partial charge >= 0.3 is 0 Å². The van der Waals surface area contributed by atoms with Gasteiger partial charge in [-0.25, -0.2) is 4.52 Å². The second-order valence-corrected chi connectivity index (χ2v) is 4.80. The molecule has 0 radical (unpaired) electrons. The van der Waals surface area contributed by atoms with Crippen molar-refractivity contribution < 1.29 is 0 Å². The largest absolute Gasteiger partial charge is 0.275 e. The van der Waals surface area contributed by atoms with Gasteiger partial charge in [0.1, 0.15) is 0 Å². The SMILES string of the molecule is Cn1cc(-c2ccn3ncc(I)c3c2)cn1. The average Bonchev–Trinajstić information content (AvgIpc) is 2.86. The number of fused-ring (bicyclic) bond motifs is 1. The highest BCUT2D eigenvalue weighted by Gasteiger charge is 2.04. The summed E-state index contributed by atoms with van der Waals surface area (Å²) >= 11 is 2.29. The van der Waals surface area contributed by atoms with Gasteiger partial charge in [-0.05, 0) is 40.3 Å². The molecule has 80 valence electrons. The summed E-state index contributed by atoms with van der Waals surface area (Å²) in [6.07, 6.45) is 7.72. The molecule has 3 rings (SSSR count). The van der Waals surface area contributed by atoms with Crippen LogP contribution in [0.5, 0.6) is 0 Å². The van der Waals surface area contributed by atoms with Crippen LogP contribution in [0.1, 0.15) is 0 Å². The Morgan fingerprint density at radius 3 is 2.81 bits per heavy atom. The number of aromatic nitrogens is 4. The van der Waals surface area contributed by atoms with Gasteiger partial charge in [0, 0.05) is 25.0 Å². The minimum atomic E-state index is 1.13. The lowest BCUT2D eigenvalue weighted by Gasteiger charge is -1.98. The molecule has 3 heterocycles. The van der Waals surface area contributed by atoms with E-state index in [2.05, 4.69) is 38.9 Å². The summed E-state index contributed by atoms with van der Waals surface area (Å²) < 4.78 is 4.84. The van der Waals surface area contributed by atoms with Crippen LogP contribution < -0.4 is 0 Å². The first-order valence-electron chi connectivity index (χ1n) is 4.86. The fourth-order valence-electron chi connectivity index (χ4n) is 1.70. The van der Waals surface area contributed by atoms with E-state index in [1.807, 2.05) is 42.4 Å². The van der Waals surface area contributed by atoms with Crippen LogP contribution in [0.25, 0.3) is 16.6 Å². The van der Waals surface area contributed by atoms with Crippen molar-refractivity contribution >= 4 is 28.1 Å². The summed E-state index contributed by atoms with van der Waals surface area (Å²) in [7, 11) is 1.92. The van der Waals surface area contributed by atoms with Crippen molar-refractivity contribution in [3.63, 3.8) is 0 Å². The van der Waals surface area contributed by atoms with Crippen LogP contribution in [-0.2, 0) is 7.05 Å². The topological polar surface area (TPSA) is 35.1 Å². The lowest BCUT2D eigenvalue weighted by atomic mass is 10.1. The van der Waals surface area contributed by atoms with Crippen molar-refractivity contribution in [2.45, 2.75) is 0 Å². The van der Waals surface area contributed by atoms with Gasteiger partial charge in [-0.2, -0.15) is 10.2 Å². The number of hydrogen-bond acceptors (Lipinski definition) is 2. The molecule has 0 fully saturated rings. The number of hydrogen-bond donors (Lipinski definition) is 0. The van der Waals surface area contributed by atoms with E-state index in [1.54, 1.807) is 4.68 Å². The molecule has 0 atom stereocenters. The minimum Gasteiger partial charge on any atom is -0.275 e. The number of halogens is 1. The lowest BCUT2D eigenvalue weighted by molar-refractivity contribution is 0.768. The molecule has 0 aliphatic carbocycles. The predicted octanol–water partition coefficient (Wildman–Crippen LogP) is 2.34. The van der Waals surface area contributed by atoms with Gasteiger partial charge in [0.05, 0.1) is 21.5 Å². The van der Waals surface area contributed by atoms with E-state index in [4.69, 9.17) is 0 Å². The van der Waals surface area contributed by atoms with Crippen molar-refractivity contribution in [1.82, 2.24) is 19.4 Å². The molecule has 5 heteroatoms. The van der Waals surface area contributed by atoms with Crippen molar-refractivity contribution in [2.24, 2.45) is 7.05 Å². The van der Waals surface area contributed by atoms with Crippen molar-refractivity contribution in [2.75, 3.05) is 0 Å². The maximum absolute atomic E-state index is 4.25. The Kier molecular flexibility index (Phi) is 2.20. The van der Waals surface area contributed by atoms with Crippen LogP contribution in [-0.4, -0.2) is 19.4 Å². The van der Waals surface area contributed by atoms with Crippen LogP contribution >= 0.6 is 22.6 Å². The fraction of sp³-hybridized carbons (Fsp3) is 0.0909. The Balaban J connectivity index is 2.21. The first kappa shape index (κ1) is 9.83. The lowest BCUT2D eigenvalue weighted by Crippen LogP contribution is -1.87. The Labute approximate surface area is 106 Å². The van der Waals surface area contributed by atoms with E-state index in [0.29, 0.717) is 0 Å². The van der Waals surface area contributed by atoms with E-state index < -0.39 is 0 Å². The van der Waals surface area contributed by atoms with E-state index in [1.165, 1.54) is 5.56 Å². The highest BCUT2D eigenvalue weighted by atomic mass is 127. The Bertz CT molecular complexity index is 653. The van der Waals surface area contributed by atoms with E-state index in [9.17, 15) is 0 Å². The molecule has 3 aromatic rings. The van der Waals surface area contributed by atoms with Crippen molar-refractivity contribution in [3.8, 4) is 11.1 Å². The maximum atomic E-state index is 4.25. The van der Waals surface area contributed by atoms with Crippen molar-refractivity contribution in [1.29, 1.82) is 0 Å². The molecule has 16 heavy (non-hydrogen) atoms. The van der Waals surface area contributed by atoms with Crippen molar-refractivity contribution in [3.05, 3.63) is 40.5 Å². The smallest absolute Gasteiger partial charge is 0.0801 e. The van der Waals surface area contributed by atoms with Gasteiger partial charge in [0.2, 0.25) is 0 Å². The van der Waals surface area contributed by atoms with Gasteiger partial charge < -0.3 is 0 Å². The zero-order valence-corrected chi connectivity index (χ0v) is 10.8. The number of aryl methyl sites for hydroxylation is 1. The van der Waals surface area contributed by atoms with Gasteiger partial charge in [-0.3, -0.25) is 4.68 Å². The molecule has 0 aliphatic heterocycles. The molecule has 0 bridgehead atoms. The maximum Gasteiger partial charge on any atom is 0.0801 e. The van der Waals surface area contributed by atoms with Gasteiger partial charge in [-0.1, -0.05) is 0 Å². The molecule has 0 unspecified atom stereocenters. The number of nitrogens with zero attached hydrogens (tertiary/aromatic N) is 4. The third-order valence-electron chi connectivity index (χ3n) is 2.51. The molecule has 0 spiro atoms. The fourth-order valence-corrected chi connectivity index (χ4v) is 2.23. The molecule has 0 aromatic carbocycles. The molecule has 0 aliphatic rings. The molecular weight excluding hydrogens is 315 g/mol. The number of pyridine rings is 1. The van der Waals surface area contributed by atoms with Crippen LogP contribution in [0.4, 0.5) is 0 Å². The molecule has 0 amide bonds. The van der Waals surface area contributed by atoms with Gasteiger partial charge in [0.25, 0.3) is 0 Å². The Morgan fingerprint density at radius 1 is 1.19 bits per heavy atom. The Morgan fingerprint density at radius 2 is 2.06 bits per heavy atom. The molecular formula is C11H9IN4.